The Morgan fingerprint density at radius 1 is 0.865 bits per heavy atom. The molecule has 0 unspecified atom stereocenters. The molecule has 37 heavy (non-hydrogen) atoms. The Balaban J connectivity index is 1.67. The smallest absolute Gasteiger partial charge is 0.162 e. The minimum absolute atomic E-state index is 0.105. The highest BCUT2D eigenvalue weighted by molar-refractivity contribution is 9.11. The number of aryl methyl sites for hydroxylation is 1. The molecule has 1 aliphatic heterocycles. The fourth-order valence-corrected chi connectivity index (χ4v) is 7.36. The number of ketones is 2. The normalized spacial score (nSPS) is 20.9. The molecular weight excluding hydrogens is 594 g/mol. The second-order valence-electron chi connectivity index (χ2n) is 12.3. The summed E-state index contributed by atoms with van der Waals surface area (Å²) in [5, 5.41) is 3.59. The number of hydrogen-bond donors (Lipinski definition) is 1. The van der Waals surface area contributed by atoms with Gasteiger partial charge in [-0.2, -0.15) is 0 Å². The first-order valence-corrected chi connectivity index (χ1v) is 14.4. The molecule has 0 radical (unpaired) electrons. The monoisotopic (exact) mass is 625 g/mol. The Morgan fingerprint density at radius 2 is 1.41 bits per heavy atom. The topological polar surface area (TPSA) is 55.4 Å². The zero-order valence-corrected chi connectivity index (χ0v) is 25.2. The Morgan fingerprint density at radius 3 is 1.95 bits per heavy atom. The molecule has 1 heterocycles. The van der Waals surface area contributed by atoms with Crippen LogP contribution in [0.25, 0.3) is 0 Å². The van der Waals surface area contributed by atoms with Crippen LogP contribution >= 0.6 is 31.9 Å². The third-order valence-electron chi connectivity index (χ3n) is 7.57. The Kier molecular flexibility index (Phi) is 6.81. The van der Waals surface area contributed by atoms with Gasteiger partial charge in [0.15, 0.2) is 11.6 Å². The van der Waals surface area contributed by atoms with Gasteiger partial charge < -0.3 is 10.1 Å². The van der Waals surface area contributed by atoms with Crippen molar-refractivity contribution in [2.45, 2.75) is 72.8 Å². The first kappa shape index (κ1) is 26.4. The number of ether oxygens (including phenoxy) is 1. The lowest BCUT2D eigenvalue weighted by atomic mass is 9.64. The van der Waals surface area contributed by atoms with Crippen molar-refractivity contribution in [2.24, 2.45) is 10.8 Å². The lowest BCUT2D eigenvalue weighted by Crippen LogP contribution is -2.42. The molecule has 2 aromatic carbocycles. The molecule has 2 aliphatic carbocycles. The summed E-state index contributed by atoms with van der Waals surface area (Å²) in [6.07, 6.45) is 2.46. The van der Waals surface area contributed by atoms with Crippen molar-refractivity contribution >= 4 is 43.4 Å². The van der Waals surface area contributed by atoms with Gasteiger partial charge in [-0.1, -0.05) is 73.5 Å². The van der Waals surface area contributed by atoms with Crippen molar-refractivity contribution in [1.82, 2.24) is 5.32 Å². The number of carbonyl (C=O) groups is 2. The van der Waals surface area contributed by atoms with E-state index in [1.165, 1.54) is 5.56 Å². The third kappa shape index (κ3) is 5.24. The van der Waals surface area contributed by atoms with Crippen LogP contribution in [0, 0.1) is 17.8 Å². The van der Waals surface area contributed by atoms with Gasteiger partial charge in [0.25, 0.3) is 0 Å². The molecule has 194 valence electrons. The highest BCUT2D eigenvalue weighted by atomic mass is 79.9. The van der Waals surface area contributed by atoms with Crippen LogP contribution in [-0.2, 0) is 16.2 Å². The van der Waals surface area contributed by atoms with E-state index in [0.717, 1.165) is 55.5 Å². The highest BCUT2D eigenvalue weighted by Gasteiger charge is 2.47. The predicted octanol–water partition coefficient (Wildman–Crippen LogP) is 8.07. The summed E-state index contributed by atoms with van der Waals surface area (Å²) >= 11 is 7.38. The van der Waals surface area contributed by atoms with E-state index in [9.17, 15) is 9.59 Å². The largest absolute Gasteiger partial charge is 0.487 e. The van der Waals surface area contributed by atoms with E-state index in [-0.39, 0.29) is 22.4 Å². The molecule has 1 N–H and O–H groups in total. The predicted molar refractivity (Wildman–Crippen MR) is 153 cm³/mol. The van der Waals surface area contributed by atoms with Crippen LogP contribution in [0.15, 0.2) is 67.9 Å². The molecule has 0 spiro atoms. The van der Waals surface area contributed by atoms with Gasteiger partial charge in [-0.3, -0.25) is 9.59 Å². The van der Waals surface area contributed by atoms with E-state index in [4.69, 9.17) is 4.74 Å². The number of rotatable bonds is 4. The molecule has 4 nitrogen and oxygen atoms in total. The second kappa shape index (κ2) is 9.53. The number of allylic oxidation sites excluding steroid dienone is 4. The van der Waals surface area contributed by atoms with Gasteiger partial charge in [-0.25, -0.2) is 0 Å². The SMILES string of the molecule is Cc1ccc(COc2c(Br)cc(Br)cc2C2C3=C(CC(C)(C)CC3=O)NC3=C2C(=O)CC(C)(C)C3)cc1. The molecule has 0 amide bonds. The maximum atomic E-state index is 13.7. The fourth-order valence-electron chi connectivity index (χ4n) is 5.99. The van der Waals surface area contributed by atoms with Crippen molar-refractivity contribution < 1.29 is 14.3 Å². The van der Waals surface area contributed by atoms with Gasteiger partial charge in [0.05, 0.1) is 4.47 Å². The number of Topliss-reactive ketones (excluding diaryl/α,β-unsaturated/α-hetero) is 2. The minimum Gasteiger partial charge on any atom is -0.487 e. The van der Waals surface area contributed by atoms with E-state index in [0.29, 0.717) is 25.2 Å². The first-order chi connectivity index (χ1) is 17.3. The van der Waals surface area contributed by atoms with Crippen LogP contribution in [-0.4, -0.2) is 11.6 Å². The van der Waals surface area contributed by atoms with E-state index >= 15 is 0 Å². The molecule has 0 saturated carbocycles. The Hall–Kier alpha value is -2.18. The summed E-state index contributed by atoms with van der Waals surface area (Å²) < 4.78 is 8.12. The van der Waals surface area contributed by atoms with E-state index in [2.05, 4.69) is 96.1 Å². The van der Waals surface area contributed by atoms with Crippen LogP contribution in [0.3, 0.4) is 0 Å². The van der Waals surface area contributed by atoms with Crippen molar-refractivity contribution in [3.05, 3.63) is 84.6 Å². The standard InChI is InChI=1S/C31H33Br2NO3/c1-17-6-8-18(9-7-17)16-37-29-20(10-19(32)11-21(29)33)26-27-22(12-30(2,3)14-24(27)35)34-23-13-31(4,5)15-25(36)28(23)26/h6-11,26,34H,12-16H2,1-5H3. The van der Waals surface area contributed by atoms with Gasteiger partial charge in [-0.05, 0) is 64.2 Å². The fraction of sp³-hybridized carbons (Fsp3) is 0.419. The van der Waals surface area contributed by atoms with Crippen LogP contribution < -0.4 is 10.1 Å². The lowest BCUT2D eigenvalue weighted by molar-refractivity contribution is -0.119. The average molecular weight is 627 g/mol. The summed E-state index contributed by atoms with van der Waals surface area (Å²) in [6, 6.07) is 12.2. The Bertz CT molecular complexity index is 1310. The highest BCUT2D eigenvalue weighted by Crippen LogP contribution is 2.53. The zero-order valence-electron chi connectivity index (χ0n) is 22.1. The number of benzene rings is 2. The summed E-state index contributed by atoms with van der Waals surface area (Å²) in [5.41, 5.74) is 6.17. The molecule has 0 saturated heterocycles. The molecule has 3 aliphatic rings. The summed E-state index contributed by atoms with van der Waals surface area (Å²) in [4.78, 5) is 27.5. The molecule has 0 aromatic heterocycles. The second-order valence-corrected chi connectivity index (χ2v) is 14.1. The number of hydrogen-bond acceptors (Lipinski definition) is 4. The van der Waals surface area contributed by atoms with Gasteiger partial charge in [0, 0.05) is 51.3 Å². The summed E-state index contributed by atoms with van der Waals surface area (Å²) in [7, 11) is 0. The van der Waals surface area contributed by atoms with Crippen molar-refractivity contribution in [3.8, 4) is 5.75 Å². The van der Waals surface area contributed by atoms with Crippen LogP contribution in [0.5, 0.6) is 5.75 Å². The minimum atomic E-state index is -0.458. The average Bonchev–Trinajstić information content (AvgIpc) is 2.76. The van der Waals surface area contributed by atoms with Gasteiger partial charge in [0.2, 0.25) is 0 Å². The first-order valence-electron chi connectivity index (χ1n) is 12.8. The van der Waals surface area contributed by atoms with Gasteiger partial charge >= 0.3 is 0 Å². The van der Waals surface area contributed by atoms with Crippen LogP contribution in [0.1, 0.15) is 76.0 Å². The summed E-state index contributed by atoms with van der Waals surface area (Å²) in [6.45, 7) is 11.0. The maximum absolute atomic E-state index is 13.7. The third-order valence-corrected chi connectivity index (χ3v) is 8.62. The van der Waals surface area contributed by atoms with Crippen molar-refractivity contribution in [2.75, 3.05) is 0 Å². The molecule has 0 fully saturated rings. The van der Waals surface area contributed by atoms with Gasteiger partial charge in [-0.15, -0.1) is 0 Å². The van der Waals surface area contributed by atoms with Crippen molar-refractivity contribution in [1.29, 1.82) is 0 Å². The number of halogens is 2. The zero-order chi connectivity index (χ0) is 26.7. The number of nitrogens with one attached hydrogen (secondary N) is 1. The quantitative estimate of drug-likeness (QED) is 0.373. The Labute approximate surface area is 236 Å². The molecule has 2 aromatic rings. The van der Waals surface area contributed by atoms with Crippen LogP contribution in [0.2, 0.25) is 0 Å². The molecule has 0 bridgehead atoms. The molecule has 5 rings (SSSR count). The lowest BCUT2D eigenvalue weighted by Gasteiger charge is -2.44. The number of carbonyl (C=O) groups excluding carboxylic acids is 2. The summed E-state index contributed by atoms with van der Waals surface area (Å²) in [5.74, 6) is 0.423. The molecule has 6 heteroatoms. The van der Waals surface area contributed by atoms with Crippen LogP contribution in [0.4, 0.5) is 0 Å². The van der Waals surface area contributed by atoms with E-state index in [1.54, 1.807) is 0 Å². The maximum Gasteiger partial charge on any atom is 0.162 e. The molecule has 0 atom stereocenters. The molecular formula is C31H33Br2NO3. The van der Waals surface area contributed by atoms with E-state index < -0.39 is 5.92 Å². The number of dihydropyridines is 1. The van der Waals surface area contributed by atoms with Gasteiger partial charge in [0.1, 0.15) is 12.4 Å². The van der Waals surface area contributed by atoms with Crippen molar-refractivity contribution in [3.63, 3.8) is 0 Å². The van der Waals surface area contributed by atoms with E-state index in [1.807, 2.05) is 12.1 Å².